The summed E-state index contributed by atoms with van der Waals surface area (Å²) in [7, 11) is 2.83. The highest BCUT2D eigenvalue weighted by molar-refractivity contribution is 6.33. The van der Waals surface area contributed by atoms with Gasteiger partial charge in [0.05, 0.1) is 30.6 Å². The highest BCUT2D eigenvalue weighted by Crippen LogP contribution is 2.30. The van der Waals surface area contributed by atoms with Crippen LogP contribution < -0.4 is 20.5 Å². The van der Waals surface area contributed by atoms with Crippen molar-refractivity contribution in [2.24, 2.45) is 0 Å². The number of esters is 1. The summed E-state index contributed by atoms with van der Waals surface area (Å²) >= 11 is 11.8. The molecule has 2 aromatic rings. The average Bonchev–Trinajstić information content (AvgIpc) is 2.61. The molecule has 7 nitrogen and oxygen atoms in total. The summed E-state index contributed by atoms with van der Waals surface area (Å²) < 4.78 is 15.2. The number of rotatable bonds is 6. The minimum absolute atomic E-state index is 0.0554. The van der Waals surface area contributed by atoms with Crippen LogP contribution in [0.4, 0.5) is 11.4 Å². The minimum atomic E-state index is -0.781. The molecule has 3 N–H and O–H groups in total. The number of nitrogens with two attached hydrogens (primary N) is 1. The van der Waals surface area contributed by atoms with E-state index in [-0.39, 0.29) is 22.0 Å². The molecule has 2 rings (SSSR count). The minimum Gasteiger partial charge on any atom is -0.496 e. The Morgan fingerprint density at radius 2 is 1.77 bits per heavy atom. The Bertz CT molecular complexity index is 842. The van der Waals surface area contributed by atoms with Gasteiger partial charge in [0, 0.05) is 11.1 Å². The standard InChI is InChI=1S/C17H16Cl2N2O5/c1-24-14-4-3-9(18)5-13(14)21-16(22)8-26-17(23)10-6-11(19)12(20)7-15(10)25-2/h3-7H,8,20H2,1-2H3,(H,21,22). The molecule has 0 atom stereocenters. The molecule has 0 aliphatic carbocycles. The number of nitrogen functional groups attached to an aromatic ring is 1. The summed E-state index contributed by atoms with van der Waals surface area (Å²) in [5, 5.41) is 3.14. The van der Waals surface area contributed by atoms with Gasteiger partial charge in [-0.3, -0.25) is 4.79 Å². The van der Waals surface area contributed by atoms with Gasteiger partial charge in [-0.15, -0.1) is 0 Å². The Labute approximate surface area is 159 Å². The first-order valence-electron chi connectivity index (χ1n) is 7.29. The fourth-order valence-electron chi connectivity index (χ4n) is 2.07. The number of hydrogen-bond acceptors (Lipinski definition) is 6. The van der Waals surface area contributed by atoms with Crippen LogP contribution in [0.5, 0.6) is 11.5 Å². The van der Waals surface area contributed by atoms with Crippen molar-refractivity contribution in [1.29, 1.82) is 0 Å². The van der Waals surface area contributed by atoms with Crippen molar-refractivity contribution in [1.82, 2.24) is 0 Å². The van der Waals surface area contributed by atoms with E-state index in [1.54, 1.807) is 12.1 Å². The van der Waals surface area contributed by atoms with Crippen LogP contribution in [0.2, 0.25) is 10.0 Å². The van der Waals surface area contributed by atoms with E-state index in [1.807, 2.05) is 0 Å². The Hall–Kier alpha value is -2.64. The number of amides is 1. The topological polar surface area (TPSA) is 99.9 Å². The average molecular weight is 399 g/mol. The Balaban J connectivity index is 2.05. The third-order valence-electron chi connectivity index (χ3n) is 3.31. The summed E-state index contributed by atoms with van der Waals surface area (Å²) in [6.07, 6.45) is 0. The lowest BCUT2D eigenvalue weighted by Crippen LogP contribution is -2.21. The molecule has 138 valence electrons. The van der Waals surface area contributed by atoms with E-state index in [0.29, 0.717) is 16.5 Å². The molecule has 9 heteroatoms. The van der Waals surface area contributed by atoms with Gasteiger partial charge in [0.1, 0.15) is 17.1 Å². The number of methoxy groups -OCH3 is 2. The quantitative estimate of drug-likeness (QED) is 0.571. The first-order chi connectivity index (χ1) is 12.3. The number of carbonyl (C=O) groups excluding carboxylic acids is 2. The number of halogens is 2. The van der Waals surface area contributed by atoms with E-state index in [0.717, 1.165) is 0 Å². The number of carbonyl (C=O) groups is 2. The highest BCUT2D eigenvalue weighted by atomic mass is 35.5. The third kappa shape index (κ3) is 4.71. The lowest BCUT2D eigenvalue weighted by atomic mass is 10.2. The number of hydrogen-bond donors (Lipinski definition) is 2. The SMILES string of the molecule is COc1ccc(Cl)cc1NC(=O)COC(=O)c1cc(Cl)c(N)cc1OC. The van der Waals surface area contributed by atoms with Gasteiger partial charge in [-0.25, -0.2) is 4.79 Å². The molecule has 0 radical (unpaired) electrons. The van der Waals surface area contributed by atoms with Gasteiger partial charge in [-0.1, -0.05) is 23.2 Å². The molecule has 0 aliphatic heterocycles. The van der Waals surface area contributed by atoms with Crippen LogP contribution in [0.1, 0.15) is 10.4 Å². The molecule has 26 heavy (non-hydrogen) atoms. The van der Waals surface area contributed by atoms with Crippen molar-refractivity contribution in [3.05, 3.63) is 45.9 Å². The third-order valence-corrected chi connectivity index (χ3v) is 3.87. The van der Waals surface area contributed by atoms with Gasteiger partial charge in [0.25, 0.3) is 5.91 Å². The lowest BCUT2D eigenvalue weighted by molar-refractivity contribution is -0.119. The fourth-order valence-corrected chi connectivity index (χ4v) is 2.41. The first-order valence-corrected chi connectivity index (χ1v) is 8.04. The zero-order valence-corrected chi connectivity index (χ0v) is 15.5. The lowest BCUT2D eigenvalue weighted by Gasteiger charge is -2.12. The predicted molar refractivity (Wildman–Crippen MR) is 99.3 cm³/mol. The predicted octanol–water partition coefficient (Wildman–Crippen LogP) is 3.39. The maximum Gasteiger partial charge on any atom is 0.342 e. The van der Waals surface area contributed by atoms with Crippen LogP contribution in [-0.2, 0) is 9.53 Å². The summed E-state index contributed by atoms with van der Waals surface area (Å²) in [5.74, 6) is -0.744. The van der Waals surface area contributed by atoms with Crippen LogP contribution in [-0.4, -0.2) is 32.7 Å². The van der Waals surface area contributed by atoms with Gasteiger partial charge < -0.3 is 25.3 Å². The molecule has 1 amide bonds. The van der Waals surface area contributed by atoms with E-state index in [1.165, 1.54) is 32.4 Å². The number of ether oxygens (including phenoxy) is 3. The maximum atomic E-state index is 12.2. The zero-order chi connectivity index (χ0) is 19.3. The van der Waals surface area contributed by atoms with Gasteiger partial charge in [-0.2, -0.15) is 0 Å². The summed E-state index contributed by atoms with van der Waals surface area (Å²) in [6, 6.07) is 7.45. The van der Waals surface area contributed by atoms with E-state index < -0.39 is 18.5 Å². The molecular formula is C17H16Cl2N2O5. The molecule has 0 aromatic heterocycles. The molecule has 0 bridgehead atoms. The molecule has 0 fully saturated rings. The Morgan fingerprint density at radius 1 is 1.08 bits per heavy atom. The van der Waals surface area contributed by atoms with Gasteiger partial charge in [-0.05, 0) is 24.3 Å². The van der Waals surface area contributed by atoms with Crippen LogP contribution in [0.3, 0.4) is 0 Å². The van der Waals surface area contributed by atoms with Crippen molar-refractivity contribution < 1.29 is 23.8 Å². The zero-order valence-electron chi connectivity index (χ0n) is 14.0. The fraction of sp³-hybridized carbons (Fsp3) is 0.176. The monoisotopic (exact) mass is 398 g/mol. The second kappa shape index (κ2) is 8.64. The molecule has 2 aromatic carbocycles. The smallest absolute Gasteiger partial charge is 0.342 e. The molecule has 0 spiro atoms. The van der Waals surface area contributed by atoms with E-state index in [9.17, 15) is 9.59 Å². The summed E-state index contributed by atoms with van der Waals surface area (Å²) in [6.45, 7) is -0.528. The van der Waals surface area contributed by atoms with Crippen molar-refractivity contribution in [3.63, 3.8) is 0 Å². The van der Waals surface area contributed by atoms with Crippen molar-refractivity contribution >= 4 is 46.5 Å². The first kappa shape index (κ1) is 19.7. The van der Waals surface area contributed by atoms with Crippen molar-refractivity contribution in [3.8, 4) is 11.5 Å². The number of nitrogens with one attached hydrogen (secondary N) is 1. The summed E-state index contributed by atoms with van der Waals surface area (Å²) in [5.41, 5.74) is 6.33. The van der Waals surface area contributed by atoms with Crippen molar-refractivity contribution in [2.45, 2.75) is 0 Å². The van der Waals surface area contributed by atoms with E-state index >= 15 is 0 Å². The van der Waals surface area contributed by atoms with Crippen LogP contribution in [0.25, 0.3) is 0 Å². The second-order valence-corrected chi connectivity index (χ2v) is 5.89. The maximum absolute atomic E-state index is 12.2. The molecule has 0 saturated heterocycles. The van der Waals surface area contributed by atoms with Crippen LogP contribution in [0.15, 0.2) is 30.3 Å². The summed E-state index contributed by atoms with van der Waals surface area (Å²) in [4.78, 5) is 24.2. The van der Waals surface area contributed by atoms with Gasteiger partial charge >= 0.3 is 5.97 Å². The Morgan fingerprint density at radius 3 is 2.42 bits per heavy atom. The molecule has 0 heterocycles. The number of anilines is 2. The molecule has 0 aliphatic rings. The van der Waals surface area contributed by atoms with Crippen LogP contribution in [0, 0.1) is 0 Å². The molecular weight excluding hydrogens is 383 g/mol. The second-order valence-electron chi connectivity index (χ2n) is 5.04. The molecule has 0 saturated carbocycles. The molecule has 0 unspecified atom stereocenters. The van der Waals surface area contributed by atoms with Crippen molar-refractivity contribution in [2.75, 3.05) is 31.9 Å². The van der Waals surface area contributed by atoms with Crippen LogP contribution >= 0.6 is 23.2 Å². The highest BCUT2D eigenvalue weighted by Gasteiger charge is 2.18. The normalized spacial score (nSPS) is 10.2. The van der Waals surface area contributed by atoms with Gasteiger partial charge in [0.2, 0.25) is 0 Å². The van der Waals surface area contributed by atoms with Gasteiger partial charge in [0.15, 0.2) is 6.61 Å². The Kier molecular flexibility index (Phi) is 6.54. The van der Waals surface area contributed by atoms with E-state index in [4.69, 9.17) is 43.1 Å². The largest absolute Gasteiger partial charge is 0.496 e. The number of benzene rings is 2. The van der Waals surface area contributed by atoms with E-state index in [2.05, 4.69) is 5.32 Å².